The van der Waals surface area contributed by atoms with Crippen LogP contribution in [0.3, 0.4) is 0 Å². The number of ether oxygens (including phenoxy) is 3. The monoisotopic (exact) mass is 331 g/mol. The molecule has 0 fully saturated rings. The molecule has 0 saturated carbocycles. The molecule has 0 spiro atoms. The Morgan fingerprint density at radius 2 is 1.91 bits per heavy atom. The average Bonchev–Trinajstić information content (AvgIpc) is 2.95. The van der Waals surface area contributed by atoms with Gasteiger partial charge in [0, 0.05) is 5.56 Å². The summed E-state index contributed by atoms with van der Waals surface area (Å²) in [6.07, 6.45) is 1.56. The van der Waals surface area contributed by atoms with E-state index >= 15 is 0 Å². The van der Waals surface area contributed by atoms with Crippen LogP contribution in [0.25, 0.3) is 0 Å². The maximum absolute atomic E-state index is 12.1. The minimum atomic E-state index is -1.43. The van der Waals surface area contributed by atoms with Crippen LogP contribution in [0.1, 0.15) is 18.1 Å². The van der Waals surface area contributed by atoms with Crippen molar-refractivity contribution >= 4 is 17.6 Å². The third-order valence-corrected chi connectivity index (χ3v) is 4.21. The second-order valence-electron chi connectivity index (χ2n) is 4.98. The molecule has 1 aliphatic heterocycles. The summed E-state index contributed by atoms with van der Waals surface area (Å²) in [5, 5.41) is 0. The average molecular weight is 331 g/mol. The van der Waals surface area contributed by atoms with E-state index < -0.39 is 17.8 Å². The Hall–Kier alpha value is -2.02. The van der Waals surface area contributed by atoms with Gasteiger partial charge in [-0.2, -0.15) is 0 Å². The van der Waals surface area contributed by atoms with Crippen molar-refractivity contribution in [1.82, 2.24) is 0 Å². The van der Waals surface area contributed by atoms with Crippen molar-refractivity contribution in [2.75, 3.05) is 6.61 Å². The molecule has 120 valence electrons. The van der Waals surface area contributed by atoms with Crippen LogP contribution in [0.5, 0.6) is 11.5 Å². The highest BCUT2D eigenvalue weighted by molar-refractivity contribution is 7.90. The van der Waals surface area contributed by atoms with Crippen molar-refractivity contribution < 1.29 is 18.8 Å². The van der Waals surface area contributed by atoms with E-state index in [0.717, 1.165) is 11.1 Å². The highest BCUT2D eigenvalue weighted by Crippen LogP contribution is 2.35. The van der Waals surface area contributed by atoms with E-state index in [1.54, 1.807) is 18.3 Å². The highest BCUT2D eigenvalue weighted by Gasteiger charge is 2.24. The van der Waals surface area contributed by atoms with Gasteiger partial charge in [-0.05, 0) is 44.2 Å². The van der Waals surface area contributed by atoms with Crippen LogP contribution in [0.15, 0.2) is 51.8 Å². The van der Waals surface area contributed by atoms with Gasteiger partial charge in [-0.25, -0.2) is 0 Å². The molecule has 6 heteroatoms. The van der Waals surface area contributed by atoms with Gasteiger partial charge in [-0.1, -0.05) is 22.1 Å². The Kier molecular flexibility index (Phi) is 4.85. The number of fused-ring (bicyclic) bond motifs is 1. The van der Waals surface area contributed by atoms with E-state index in [-0.39, 0.29) is 0 Å². The van der Waals surface area contributed by atoms with Crippen molar-refractivity contribution in [3.8, 4) is 11.5 Å². The second-order valence-corrected chi connectivity index (χ2v) is 6.16. The molecular weight excluding hydrogens is 314 g/mol. The summed E-state index contributed by atoms with van der Waals surface area (Å²) >= 11 is -1.43. The van der Waals surface area contributed by atoms with Gasteiger partial charge in [0.05, 0.1) is 12.8 Å². The molecular formula is C17H17NO4S. The van der Waals surface area contributed by atoms with Gasteiger partial charge >= 0.3 is 6.48 Å². The number of hydrogen-bond acceptors (Lipinski definition) is 5. The largest absolute Gasteiger partial charge is 0.586 e. The second kappa shape index (κ2) is 7.04. The lowest BCUT2D eigenvalue weighted by Gasteiger charge is -2.07. The summed E-state index contributed by atoms with van der Waals surface area (Å²) in [5.41, 5.74) is 1.90. The Morgan fingerprint density at radius 1 is 1.17 bits per heavy atom. The molecule has 0 radical (unpaired) electrons. The van der Waals surface area contributed by atoms with E-state index in [2.05, 4.69) is 4.40 Å². The van der Waals surface area contributed by atoms with Crippen molar-refractivity contribution in [2.24, 2.45) is 4.40 Å². The van der Waals surface area contributed by atoms with Gasteiger partial charge < -0.3 is 18.8 Å². The SMILES string of the molecule is CCOC1Oc2ccc(C=N[S+]([O-])c3ccc(C)cc3)cc2O1. The summed E-state index contributed by atoms with van der Waals surface area (Å²) in [6.45, 7) is 3.65. The van der Waals surface area contributed by atoms with Crippen LogP contribution in [-0.2, 0) is 16.1 Å². The molecule has 2 unspecified atom stereocenters. The molecule has 2 aromatic carbocycles. The third kappa shape index (κ3) is 3.85. The Morgan fingerprint density at radius 3 is 2.65 bits per heavy atom. The van der Waals surface area contributed by atoms with Gasteiger partial charge in [-0.3, -0.25) is 0 Å². The van der Waals surface area contributed by atoms with Gasteiger partial charge in [-0.15, -0.1) is 0 Å². The van der Waals surface area contributed by atoms with Crippen LogP contribution >= 0.6 is 0 Å². The number of nitrogens with zero attached hydrogens (tertiary/aromatic N) is 1. The van der Waals surface area contributed by atoms with E-state index in [1.165, 1.54) is 0 Å². The normalized spacial score (nSPS) is 17.6. The van der Waals surface area contributed by atoms with Crippen LogP contribution < -0.4 is 9.47 Å². The fourth-order valence-corrected chi connectivity index (χ4v) is 2.76. The first-order valence-electron chi connectivity index (χ1n) is 7.27. The molecule has 0 bridgehead atoms. The fourth-order valence-electron chi connectivity index (χ4n) is 2.05. The van der Waals surface area contributed by atoms with Crippen LogP contribution in [0, 0.1) is 6.92 Å². The molecule has 1 heterocycles. The van der Waals surface area contributed by atoms with Crippen LogP contribution in [-0.4, -0.2) is 23.9 Å². The van der Waals surface area contributed by atoms with Crippen molar-refractivity contribution in [3.05, 3.63) is 53.6 Å². The molecule has 2 atom stereocenters. The lowest BCUT2D eigenvalue weighted by molar-refractivity contribution is -0.173. The zero-order valence-electron chi connectivity index (χ0n) is 12.9. The number of benzene rings is 2. The van der Waals surface area contributed by atoms with Crippen LogP contribution in [0.2, 0.25) is 0 Å². The Balaban J connectivity index is 1.69. The molecule has 3 rings (SSSR count). The van der Waals surface area contributed by atoms with Gasteiger partial charge in [0.2, 0.25) is 0 Å². The predicted octanol–water partition coefficient (Wildman–Crippen LogP) is 3.23. The smallest absolute Gasteiger partial charge is 0.361 e. The quantitative estimate of drug-likeness (QED) is 0.623. The molecule has 23 heavy (non-hydrogen) atoms. The zero-order chi connectivity index (χ0) is 16.2. The molecule has 0 N–H and O–H groups in total. The molecule has 0 aliphatic carbocycles. The molecule has 5 nitrogen and oxygen atoms in total. The molecule has 1 aliphatic rings. The molecule has 0 amide bonds. The van der Waals surface area contributed by atoms with Crippen molar-refractivity contribution in [1.29, 1.82) is 0 Å². The molecule has 2 aromatic rings. The van der Waals surface area contributed by atoms with Gasteiger partial charge in [0.1, 0.15) is 11.4 Å². The first-order valence-corrected chi connectivity index (χ1v) is 8.38. The van der Waals surface area contributed by atoms with Gasteiger partial charge in [0.15, 0.2) is 16.4 Å². The maximum Gasteiger partial charge on any atom is 0.361 e. The van der Waals surface area contributed by atoms with Crippen molar-refractivity contribution in [3.63, 3.8) is 0 Å². The van der Waals surface area contributed by atoms with E-state index in [1.807, 2.05) is 44.2 Å². The Bertz CT molecular complexity index is 702. The summed E-state index contributed by atoms with van der Waals surface area (Å²) in [6, 6.07) is 12.8. The molecule has 0 saturated heterocycles. The van der Waals surface area contributed by atoms with E-state index in [9.17, 15) is 4.55 Å². The van der Waals surface area contributed by atoms with Crippen molar-refractivity contribution in [2.45, 2.75) is 25.2 Å². The lowest BCUT2D eigenvalue weighted by atomic mass is 10.2. The standard InChI is InChI=1S/C17H17NO4S/c1-3-20-17-21-15-9-6-13(10-16(15)22-17)11-18-23(19)14-7-4-12(2)5-8-14/h4-11,17H,3H2,1-2H3. The number of rotatable bonds is 5. The maximum atomic E-state index is 12.1. The van der Waals surface area contributed by atoms with Crippen LogP contribution in [0.4, 0.5) is 0 Å². The topological polar surface area (TPSA) is 63.1 Å². The summed E-state index contributed by atoms with van der Waals surface area (Å²) in [5.74, 6) is 1.22. The lowest BCUT2D eigenvalue weighted by Crippen LogP contribution is -2.21. The zero-order valence-corrected chi connectivity index (χ0v) is 13.7. The van der Waals surface area contributed by atoms with E-state index in [4.69, 9.17) is 14.2 Å². The fraction of sp³-hybridized carbons (Fsp3) is 0.235. The summed E-state index contributed by atoms with van der Waals surface area (Å²) < 4.78 is 32.5. The minimum Gasteiger partial charge on any atom is -0.586 e. The summed E-state index contributed by atoms with van der Waals surface area (Å²) in [7, 11) is 0. The predicted molar refractivity (Wildman–Crippen MR) is 88.3 cm³/mol. The number of hydrogen-bond donors (Lipinski definition) is 0. The summed E-state index contributed by atoms with van der Waals surface area (Å²) in [4.78, 5) is 0.670. The molecule has 0 aromatic heterocycles. The Labute approximate surface area is 138 Å². The van der Waals surface area contributed by atoms with E-state index in [0.29, 0.717) is 23.0 Å². The first kappa shape index (κ1) is 15.9. The highest BCUT2D eigenvalue weighted by atomic mass is 32.2. The first-order chi connectivity index (χ1) is 11.2. The minimum absolute atomic E-state index is 0.502. The third-order valence-electron chi connectivity index (χ3n) is 3.24. The number of aryl methyl sites for hydroxylation is 1. The van der Waals surface area contributed by atoms with Gasteiger partial charge in [0.25, 0.3) is 0 Å².